The summed E-state index contributed by atoms with van der Waals surface area (Å²) in [6.07, 6.45) is 7.71. The summed E-state index contributed by atoms with van der Waals surface area (Å²) in [4.78, 5) is 35.7. The minimum atomic E-state index is -0.318. The zero-order chi connectivity index (χ0) is 23.6. The first-order chi connectivity index (χ1) is 15.8. The van der Waals surface area contributed by atoms with Crippen molar-refractivity contribution in [3.05, 3.63) is 29.4 Å². The van der Waals surface area contributed by atoms with E-state index in [2.05, 4.69) is 44.5 Å². The van der Waals surface area contributed by atoms with Crippen LogP contribution in [-0.4, -0.2) is 59.7 Å². The molecule has 33 heavy (non-hydrogen) atoms. The van der Waals surface area contributed by atoms with E-state index in [-0.39, 0.29) is 29.9 Å². The van der Waals surface area contributed by atoms with Crippen LogP contribution in [0.1, 0.15) is 57.7 Å². The van der Waals surface area contributed by atoms with Gasteiger partial charge in [-0.3, -0.25) is 9.78 Å². The van der Waals surface area contributed by atoms with Gasteiger partial charge in [-0.25, -0.2) is 14.8 Å². The standard InChI is InChI=1S/C22H30N8O3/c1-14-18(13-33-20(14)31)30-10-9-22(21(30)32)7-5-16(6-8-22)26-15(2)17-11-25-19(12-24-17)29(4)28-27-23-3/h11-12,15-16,26H,3,5-10,13H2,1-2,4H3/b28-27-/t15-,16-,22-/m1/s1. The molecule has 0 unspecified atom stereocenters. The number of amides is 1. The van der Waals surface area contributed by atoms with Crippen LogP contribution in [0.4, 0.5) is 5.82 Å². The Morgan fingerprint density at radius 3 is 2.64 bits per heavy atom. The molecule has 1 amide bonds. The highest BCUT2D eigenvalue weighted by Crippen LogP contribution is 2.46. The first kappa shape index (κ1) is 23.0. The van der Waals surface area contributed by atoms with Gasteiger partial charge < -0.3 is 15.0 Å². The van der Waals surface area contributed by atoms with E-state index in [0.29, 0.717) is 24.0 Å². The number of hydrogen-bond donors (Lipinski definition) is 1. The Morgan fingerprint density at radius 2 is 2.03 bits per heavy atom. The number of hydrogen-bond acceptors (Lipinski definition) is 8. The third kappa shape index (κ3) is 4.50. The first-order valence-corrected chi connectivity index (χ1v) is 11.2. The Morgan fingerprint density at radius 1 is 1.27 bits per heavy atom. The zero-order valence-corrected chi connectivity index (χ0v) is 19.3. The van der Waals surface area contributed by atoms with Crippen molar-refractivity contribution in [1.82, 2.24) is 20.2 Å². The van der Waals surface area contributed by atoms with E-state index in [0.717, 1.165) is 43.5 Å². The highest BCUT2D eigenvalue weighted by Gasteiger charge is 2.50. The second kappa shape index (κ2) is 9.34. The van der Waals surface area contributed by atoms with Crippen molar-refractivity contribution >= 4 is 24.4 Å². The predicted octanol–water partition coefficient (Wildman–Crippen LogP) is 2.54. The molecule has 1 aliphatic carbocycles. The lowest BCUT2D eigenvalue weighted by atomic mass is 9.71. The summed E-state index contributed by atoms with van der Waals surface area (Å²) in [5, 5.41) is 15.7. The van der Waals surface area contributed by atoms with Gasteiger partial charge in [0.1, 0.15) is 6.61 Å². The number of anilines is 1. The Bertz CT molecular complexity index is 982. The average Bonchev–Trinajstić information content (AvgIpc) is 3.32. The van der Waals surface area contributed by atoms with Crippen molar-refractivity contribution in [3.8, 4) is 0 Å². The number of esters is 1. The van der Waals surface area contributed by atoms with E-state index in [4.69, 9.17) is 4.74 Å². The van der Waals surface area contributed by atoms with Gasteiger partial charge >= 0.3 is 5.97 Å². The summed E-state index contributed by atoms with van der Waals surface area (Å²) >= 11 is 0. The number of aromatic nitrogens is 2. The number of carbonyl (C=O) groups excluding carboxylic acids is 2. The molecule has 11 heteroatoms. The van der Waals surface area contributed by atoms with Crippen LogP contribution in [-0.2, 0) is 14.3 Å². The van der Waals surface area contributed by atoms with Gasteiger partial charge in [0.15, 0.2) is 5.82 Å². The van der Waals surface area contributed by atoms with Crippen LogP contribution in [0.5, 0.6) is 0 Å². The summed E-state index contributed by atoms with van der Waals surface area (Å²) < 4.78 is 5.11. The number of rotatable bonds is 7. The van der Waals surface area contributed by atoms with Crippen molar-refractivity contribution in [2.24, 2.45) is 21.0 Å². The monoisotopic (exact) mass is 454 g/mol. The number of nitrogens with one attached hydrogen (secondary N) is 1. The molecule has 0 aromatic carbocycles. The molecule has 2 fully saturated rings. The molecule has 1 aromatic rings. The van der Waals surface area contributed by atoms with Crippen LogP contribution in [0.3, 0.4) is 0 Å². The van der Waals surface area contributed by atoms with Gasteiger partial charge in [0.25, 0.3) is 0 Å². The second-order valence-electron chi connectivity index (χ2n) is 8.94. The van der Waals surface area contributed by atoms with E-state index in [1.165, 1.54) is 5.01 Å². The number of nitrogens with zero attached hydrogens (tertiary/aromatic N) is 7. The third-order valence-electron chi connectivity index (χ3n) is 7.02. The first-order valence-electron chi connectivity index (χ1n) is 11.2. The van der Waals surface area contributed by atoms with Crippen LogP contribution in [0.2, 0.25) is 0 Å². The number of ether oxygens (including phenoxy) is 1. The smallest absolute Gasteiger partial charge is 0.336 e. The molecule has 0 radical (unpaired) electrons. The largest absolute Gasteiger partial charge is 0.456 e. The fraction of sp³-hybridized carbons (Fsp3) is 0.591. The van der Waals surface area contributed by atoms with Gasteiger partial charge in [0, 0.05) is 32.4 Å². The highest BCUT2D eigenvalue weighted by molar-refractivity contribution is 5.94. The van der Waals surface area contributed by atoms with Crippen molar-refractivity contribution in [1.29, 1.82) is 0 Å². The lowest BCUT2D eigenvalue weighted by molar-refractivity contribution is -0.138. The molecule has 176 valence electrons. The summed E-state index contributed by atoms with van der Waals surface area (Å²) in [7, 11) is 1.71. The van der Waals surface area contributed by atoms with Gasteiger partial charge in [-0.05, 0) is 56.4 Å². The van der Waals surface area contributed by atoms with Gasteiger partial charge in [-0.1, -0.05) is 0 Å². The maximum atomic E-state index is 13.3. The predicted molar refractivity (Wildman–Crippen MR) is 121 cm³/mol. The van der Waals surface area contributed by atoms with E-state index in [9.17, 15) is 9.59 Å². The molecule has 1 N–H and O–H groups in total. The van der Waals surface area contributed by atoms with E-state index in [1.54, 1.807) is 31.3 Å². The number of likely N-dealkylation sites (tertiary alicyclic amines) is 1. The summed E-state index contributed by atoms with van der Waals surface area (Å²) in [5.41, 5.74) is 1.82. The van der Waals surface area contributed by atoms with Gasteiger partial charge in [-0.15, -0.1) is 5.10 Å². The minimum Gasteiger partial charge on any atom is -0.456 e. The molecule has 1 atom stereocenters. The SMILES string of the molecule is C=N/N=N\N(C)c1cnc([C@@H](C)N[C@H]2CC[C@@]3(CCN(C4=C(C)C(=O)OC4)C3=O)CC2)cn1. The molecule has 4 rings (SSSR count). The van der Waals surface area contributed by atoms with Crippen LogP contribution in [0.15, 0.2) is 39.2 Å². The number of cyclic esters (lactones) is 1. The van der Waals surface area contributed by atoms with E-state index >= 15 is 0 Å². The van der Waals surface area contributed by atoms with Crippen molar-refractivity contribution < 1.29 is 14.3 Å². The maximum Gasteiger partial charge on any atom is 0.336 e. The molecule has 2 aliphatic heterocycles. The highest BCUT2D eigenvalue weighted by atomic mass is 16.5. The molecule has 1 saturated heterocycles. The number of carbonyl (C=O) groups is 2. The molecule has 11 nitrogen and oxygen atoms in total. The lowest BCUT2D eigenvalue weighted by Crippen LogP contribution is -2.42. The normalized spacial score (nSPS) is 26.4. The average molecular weight is 455 g/mol. The van der Waals surface area contributed by atoms with Crippen LogP contribution < -0.4 is 10.3 Å². The van der Waals surface area contributed by atoms with Gasteiger partial charge in [0.2, 0.25) is 5.91 Å². The zero-order valence-electron chi connectivity index (χ0n) is 19.3. The quantitative estimate of drug-likeness (QED) is 0.290. The summed E-state index contributed by atoms with van der Waals surface area (Å²) in [6, 6.07) is 0.332. The van der Waals surface area contributed by atoms with Crippen LogP contribution in [0, 0.1) is 5.41 Å². The van der Waals surface area contributed by atoms with Gasteiger partial charge in [0.05, 0.1) is 34.8 Å². The van der Waals surface area contributed by atoms with E-state index < -0.39 is 0 Å². The van der Waals surface area contributed by atoms with E-state index in [1.807, 2.05) is 0 Å². The fourth-order valence-electron chi connectivity index (χ4n) is 4.92. The Labute approximate surface area is 193 Å². The third-order valence-corrected chi connectivity index (χ3v) is 7.02. The molecule has 1 aromatic heterocycles. The molecule has 1 saturated carbocycles. The lowest BCUT2D eigenvalue weighted by Gasteiger charge is -2.37. The molecule has 3 aliphatic rings. The Hall–Kier alpha value is -3.21. The fourth-order valence-corrected chi connectivity index (χ4v) is 4.92. The van der Waals surface area contributed by atoms with Crippen LogP contribution >= 0.6 is 0 Å². The summed E-state index contributed by atoms with van der Waals surface area (Å²) in [5.74, 6) is 0.389. The molecular weight excluding hydrogens is 424 g/mol. The molecular formula is C22H30N8O3. The molecule has 3 heterocycles. The van der Waals surface area contributed by atoms with Crippen LogP contribution in [0.25, 0.3) is 0 Å². The topological polar surface area (TPSA) is 125 Å². The minimum absolute atomic E-state index is 0.0256. The second-order valence-corrected chi connectivity index (χ2v) is 8.94. The molecule has 1 spiro atoms. The van der Waals surface area contributed by atoms with Crippen molar-refractivity contribution in [3.63, 3.8) is 0 Å². The Balaban J connectivity index is 1.32. The summed E-state index contributed by atoms with van der Waals surface area (Å²) in [6.45, 7) is 7.92. The van der Waals surface area contributed by atoms with Gasteiger partial charge in [-0.2, -0.15) is 0 Å². The molecule has 0 bridgehead atoms. The Kier molecular flexibility index (Phi) is 6.50. The maximum absolute atomic E-state index is 13.3. The van der Waals surface area contributed by atoms with Crippen molar-refractivity contribution in [2.75, 3.05) is 25.2 Å². The van der Waals surface area contributed by atoms with Crippen molar-refractivity contribution in [2.45, 2.75) is 58.0 Å².